The van der Waals surface area contributed by atoms with Gasteiger partial charge >= 0.3 is 0 Å². The number of hydrogen-bond acceptors (Lipinski definition) is 6. The smallest absolute Gasteiger partial charge is 0.0779 e. The summed E-state index contributed by atoms with van der Waals surface area (Å²) in [7, 11) is 0. The Kier molecular flexibility index (Phi) is 9.36. The summed E-state index contributed by atoms with van der Waals surface area (Å²) in [5.74, 6) is 19.4. The van der Waals surface area contributed by atoms with Gasteiger partial charge in [-0.1, -0.05) is 88.5 Å². The minimum Gasteiger partial charge on any atom is -0.143 e. The molecule has 0 aliphatic heterocycles. The van der Waals surface area contributed by atoms with Gasteiger partial charge in [-0.05, 0) is 70.7 Å². The zero-order chi connectivity index (χ0) is 30.8. The van der Waals surface area contributed by atoms with Crippen LogP contribution in [0.25, 0.3) is 29.3 Å². The molecule has 216 valence electrons. The van der Waals surface area contributed by atoms with Crippen LogP contribution in [0.4, 0.5) is 0 Å². The van der Waals surface area contributed by atoms with Crippen LogP contribution < -0.4 is 0 Å². The Morgan fingerprint density at radius 3 is 0.933 bits per heavy atom. The molecule has 0 nitrogen and oxygen atoms in total. The highest BCUT2D eigenvalue weighted by Gasteiger charge is 2.19. The molecule has 6 heterocycles. The van der Waals surface area contributed by atoms with Gasteiger partial charge in [0.25, 0.3) is 0 Å². The lowest BCUT2D eigenvalue weighted by atomic mass is 10.0. The highest BCUT2D eigenvalue weighted by Crippen LogP contribution is 2.39. The van der Waals surface area contributed by atoms with Crippen LogP contribution in [0.15, 0.2) is 88.9 Å². The number of halogens is 3. The SMILES string of the molecule is Clc1c(C#Cc2ccc(-c3cccs3)s2)c(Cl)c(C#Cc2ccc(-c3cccs3)s2)c(Cl)c1C#Cc1ccc(-c2cccs2)s1. The summed E-state index contributed by atoms with van der Waals surface area (Å²) in [5.41, 5.74) is 1.37. The maximum atomic E-state index is 6.97. The monoisotopic (exact) mass is 744 g/mol. The first kappa shape index (κ1) is 30.6. The molecule has 0 radical (unpaired) electrons. The summed E-state index contributed by atoms with van der Waals surface area (Å²) in [4.78, 5) is 9.82. The predicted octanol–water partition coefficient (Wildman–Crippen LogP) is 13.2. The van der Waals surface area contributed by atoms with Gasteiger partial charge in [-0.15, -0.1) is 68.0 Å². The first-order valence-corrected chi connectivity index (χ1v) is 19.4. The lowest BCUT2D eigenvalue weighted by Gasteiger charge is -2.09. The van der Waals surface area contributed by atoms with Crippen molar-refractivity contribution in [3.8, 4) is 64.8 Å². The molecule has 9 heteroatoms. The molecule has 0 atom stereocenters. The van der Waals surface area contributed by atoms with Crippen molar-refractivity contribution >= 4 is 103 Å². The Labute approximate surface area is 300 Å². The Balaban J connectivity index is 1.30. The summed E-state index contributed by atoms with van der Waals surface area (Å²) in [6.07, 6.45) is 0. The summed E-state index contributed by atoms with van der Waals surface area (Å²) in [6.45, 7) is 0. The van der Waals surface area contributed by atoms with Gasteiger partial charge in [0.2, 0.25) is 0 Å². The second kappa shape index (κ2) is 13.8. The summed E-state index contributed by atoms with van der Waals surface area (Å²) < 4.78 is 0. The summed E-state index contributed by atoms with van der Waals surface area (Å²) in [6, 6.07) is 24.7. The lowest BCUT2D eigenvalue weighted by Crippen LogP contribution is -1.94. The van der Waals surface area contributed by atoms with Crippen LogP contribution >= 0.6 is 103 Å². The van der Waals surface area contributed by atoms with E-state index in [4.69, 9.17) is 34.8 Å². The largest absolute Gasteiger partial charge is 0.143 e. The van der Waals surface area contributed by atoms with Crippen molar-refractivity contribution in [1.29, 1.82) is 0 Å². The molecular weight excluding hydrogens is 731 g/mol. The molecule has 45 heavy (non-hydrogen) atoms. The third-order valence-corrected chi connectivity index (χ3v) is 13.7. The van der Waals surface area contributed by atoms with Crippen LogP contribution in [-0.2, 0) is 0 Å². The first-order chi connectivity index (χ1) is 22.0. The third kappa shape index (κ3) is 6.76. The minimum absolute atomic E-state index is 0.316. The van der Waals surface area contributed by atoms with Gasteiger partial charge in [0.05, 0.1) is 46.4 Å². The van der Waals surface area contributed by atoms with Gasteiger partial charge in [-0.3, -0.25) is 0 Å². The molecule has 0 fully saturated rings. The Morgan fingerprint density at radius 1 is 0.356 bits per heavy atom. The number of rotatable bonds is 3. The topological polar surface area (TPSA) is 0 Å². The maximum Gasteiger partial charge on any atom is 0.0779 e. The molecule has 0 amide bonds. The Morgan fingerprint density at radius 2 is 0.667 bits per heavy atom. The molecule has 7 aromatic rings. The van der Waals surface area contributed by atoms with Crippen molar-refractivity contribution < 1.29 is 0 Å². The van der Waals surface area contributed by atoms with Crippen LogP contribution in [0.1, 0.15) is 31.3 Å². The van der Waals surface area contributed by atoms with Gasteiger partial charge in [0.15, 0.2) is 0 Å². The summed E-state index contributed by atoms with van der Waals surface area (Å²) in [5, 5.41) is 7.15. The average Bonchev–Trinajstić information content (AvgIpc) is 3.89. The van der Waals surface area contributed by atoms with E-state index in [1.54, 1.807) is 68.0 Å². The van der Waals surface area contributed by atoms with Crippen molar-refractivity contribution in [2.75, 3.05) is 0 Å². The van der Waals surface area contributed by atoms with E-state index in [1.165, 1.54) is 14.6 Å². The van der Waals surface area contributed by atoms with Crippen molar-refractivity contribution in [2.45, 2.75) is 0 Å². The van der Waals surface area contributed by atoms with Gasteiger partial charge in [-0.2, -0.15) is 0 Å². The molecule has 0 aliphatic rings. The van der Waals surface area contributed by atoms with Crippen LogP contribution in [-0.4, -0.2) is 0 Å². The Hall–Kier alpha value is -3.03. The van der Waals surface area contributed by atoms with Crippen LogP contribution in [0.5, 0.6) is 0 Å². The van der Waals surface area contributed by atoms with E-state index in [2.05, 4.69) is 88.1 Å². The molecule has 1 aromatic carbocycles. The van der Waals surface area contributed by atoms with E-state index in [0.717, 1.165) is 29.3 Å². The number of thiophene rings is 6. The van der Waals surface area contributed by atoms with Crippen LogP contribution in [0.3, 0.4) is 0 Å². The van der Waals surface area contributed by atoms with Crippen LogP contribution in [0, 0.1) is 35.5 Å². The maximum absolute atomic E-state index is 6.97. The highest BCUT2D eigenvalue weighted by molar-refractivity contribution is 7.22. The van der Waals surface area contributed by atoms with Crippen LogP contribution in [0.2, 0.25) is 15.1 Å². The van der Waals surface area contributed by atoms with Crippen molar-refractivity contribution in [2.24, 2.45) is 0 Å². The van der Waals surface area contributed by atoms with Gasteiger partial charge in [0, 0.05) is 29.3 Å². The molecule has 0 aliphatic carbocycles. The second-order valence-corrected chi connectivity index (χ2v) is 16.5. The lowest BCUT2D eigenvalue weighted by molar-refractivity contribution is 1.55. The highest BCUT2D eigenvalue weighted by atomic mass is 35.5. The molecule has 0 bridgehead atoms. The molecule has 6 aromatic heterocycles. The van der Waals surface area contributed by atoms with E-state index in [-0.39, 0.29) is 0 Å². The van der Waals surface area contributed by atoms with Gasteiger partial charge in [0.1, 0.15) is 0 Å². The van der Waals surface area contributed by atoms with E-state index in [0.29, 0.717) is 31.8 Å². The van der Waals surface area contributed by atoms with Gasteiger partial charge < -0.3 is 0 Å². The standard InChI is InChI=1S/C36H15Cl3S6/c37-34-25(13-7-22-10-16-31(43-22)28-4-1-19-40-28)35(38)27(15-9-24-12-18-33(45-24)30-6-3-21-42-30)36(39)26(34)14-8-23-11-17-32(44-23)29-5-2-20-41-29/h1-6,10-12,16-21H. The molecule has 0 saturated carbocycles. The normalized spacial score (nSPS) is 10.5. The second-order valence-electron chi connectivity index (χ2n) is 9.24. The molecule has 0 N–H and O–H groups in total. The zero-order valence-corrected chi connectivity index (χ0v) is 29.9. The van der Waals surface area contributed by atoms with E-state index < -0.39 is 0 Å². The molecule has 0 unspecified atom stereocenters. The zero-order valence-electron chi connectivity index (χ0n) is 22.7. The minimum atomic E-state index is 0.316. The fraction of sp³-hybridized carbons (Fsp3) is 0. The first-order valence-electron chi connectivity index (χ1n) is 13.2. The van der Waals surface area contributed by atoms with E-state index in [1.807, 2.05) is 36.4 Å². The van der Waals surface area contributed by atoms with Gasteiger partial charge in [-0.25, -0.2) is 0 Å². The molecule has 7 rings (SSSR count). The average molecular weight is 746 g/mol. The van der Waals surface area contributed by atoms with E-state index in [9.17, 15) is 0 Å². The van der Waals surface area contributed by atoms with E-state index >= 15 is 0 Å². The third-order valence-electron chi connectivity index (χ3n) is 6.36. The quantitative estimate of drug-likeness (QED) is 0.158. The van der Waals surface area contributed by atoms with Crippen molar-refractivity contribution in [3.05, 3.63) is 135 Å². The summed E-state index contributed by atoms with van der Waals surface area (Å²) >= 11 is 30.9. The van der Waals surface area contributed by atoms with Crippen molar-refractivity contribution in [1.82, 2.24) is 0 Å². The molecular formula is C36H15Cl3S6. The number of benzene rings is 1. The fourth-order valence-corrected chi connectivity index (χ4v) is 10.3. The fourth-order valence-electron chi connectivity index (χ4n) is 4.23. The van der Waals surface area contributed by atoms with Crippen molar-refractivity contribution in [3.63, 3.8) is 0 Å². The Bertz CT molecular complexity index is 2030. The number of hydrogen-bond donors (Lipinski definition) is 0. The molecule has 0 spiro atoms. The molecule has 0 saturated heterocycles. The predicted molar refractivity (Wildman–Crippen MR) is 202 cm³/mol.